The lowest BCUT2D eigenvalue weighted by atomic mass is 10.1. The normalized spacial score (nSPS) is 12.0. The van der Waals surface area contributed by atoms with E-state index >= 15 is 0 Å². The molecule has 0 fully saturated rings. The zero-order valence-corrected chi connectivity index (χ0v) is 14.5. The maximum atomic E-state index is 12.6. The summed E-state index contributed by atoms with van der Waals surface area (Å²) >= 11 is 3.13. The molecule has 21 heavy (non-hydrogen) atoms. The fourth-order valence-corrected chi connectivity index (χ4v) is 4.15. The summed E-state index contributed by atoms with van der Waals surface area (Å²) in [6.45, 7) is 2.38. The number of aryl methyl sites for hydroxylation is 2. The van der Waals surface area contributed by atoms with Crippen LogP contribution in [0.15, 0.2) is 33.9 Å². The van der Waals surface area contributed by atoms with Gasteiger partial charge in [-0.25, -0.2) is 13.1 Å². The summed E-state index contributed by atoms with van der Waals surface area (Å²) in [6, 6.07) is 7.91. The van der Waals surface area contributed by atoms with E-state index < -0.39 is 10.0 Å². The van der Waals surface area contributed by atoms with Crippen LogP contribution in [0.25, 0.3) is 0 Å². The van der Waals surface area contributed by atoms with Crippen LogP contribution < -0.4 is 0 Å². The van der Waals surface area contributed by atoms with E-state index in [9.17, 15) is 8.42 Å². The van der Waals surface area contributed by atoms with Crippen LogP contribution in [0.4, 0.5) is 0 Å². The zero-order chi connectivity index (χ0) is 15.6. The van der Waals surface area contributed by atoms with Gasteiger partial charge in [0.1, 0.15) is 0 Å². The Hall–Kier alpha value is -1.25. The van der Waals surface area contributed by atoms with E-state index in [1.807, 2.05) is 24.3 Å². The van der Waals surface area contributed by atoms with Crippen molar-refractivity contribution in [3.63, 3.8) is 0 Å². The topological polar surface area (TPSA) is 68.1 Å². The molecule has 1 aromatic heterocycles. The molecule has 0 N–H and O–H groups in total. The molecule has 0 aliphatic carbocycles. The van der Waals surface area contributed by atoms with Crippen LogP contribution in [0.1, 0.15) is 18.1 Å². The predicted molar refractivity (Wildman–Crippen MR) is 83.2 cm³/mol. The lowest BCUT2D eigenvalue weighted by molar-refractivity contribution is 0.456. The molecule has 2 rings (SSSR count). The third-order valence-electron chi connectivity index (χ3n) is 3.23. The second-order valence-corrected chi connectivity index (χ2v) is 7.45. The van der Waals surface area contributed by atoms with Gasteiger partial charge in [-0.3, -0.25) is 0 Å². The fraction of sp³-hybridized carbons (Fsp3) is 0.385. The maximum Gasteiger partial charge on any atom is 0.263 e. The quantitative estimate of drug-likeness (QED) is 0.804. The van der Waals surface area contributed by atoms with E-state index in [2.05, 4.69) is 33.2 Å². The Kier molecular flexibility index (Phi) is 4.80. The Morgan fingerprint density at radius 1 is 1.24 bits per heavy atom. The number of hydrogen-bond acceptors (Lipinski definition) is 4. The van der Waals surface area contributed by atoms with Gasteiger partial charge in [-0.05, 0) is 33.5 Å². The summed E-state index contributed by atoms with van der Waals surface area (Å²) < 4.78 is 27.9. The molecule has 1 heterocycles. The molecule has 0 saturated carbocycles. The van der Waals surface area contributed by atoms with E-state index in [1.165, 1.54) is 14.6 Å². The van der Waals surface area contributed by atoms with Gasteiger partial charge in [0.15, 0.2) is 4.60 Å². The maximum absolute atomic E-state index is 12.6. The van der Waals surface area contributed by atoms with Crippen molar-refractivity contribution in [2.75, 3.05) is 7.05 Å². The molecular weight excluding hydrogens is 356 g/mol. The number of nitrogens with zero attached hydrogens (tertiary/aromatic N) is 4. The smallest absolute Gasteiger partial charge is 0.235 e. The second kappa shape index (κ2) is 6.25. The third-order valence-corrected chi connectivity index (χ3v) is 5.92. The number of sulfonamides is 1. The van der Waals surface area contributed by atoms with Crippen molar-refractivity contribution in [3.05, 3.63) is 40.0 Å². The molecule has 0 aliphatic heterocycles. The molecule has 0 amide bonds. The average molecular weight is 373 g/mol. The SMILES string of the molecule is CCc1ccc(CN(C)S(=O)(=O)c2c(Br)nnn2C)cc1. The first-order valence-electron chi connectivity index (χ1n) is 6.45. The van der Waals surface area contributed by atoms with Crippen molar-refractivity contribution in [2.24, 2.45) is 7.05 Å². The lowest BCUT2D eigenvalue weighted by Crippen LogP contribution is -2.28. The van der Waals surface area contributed by atoms with Crippen LogP contribution in [-0.2, 0) is 30.0 Å². The molecule has 6 nitrogen and oxygen atoms in total. The van der Waals surface area contributed by atoms with Gasteiger partial charge >= 0.3 is 0 Å². The summed E-state index contributed by atoms with van der Waals surface area (Å²) in [4.78, 5) is 0. The minimum absolute atomic E-state index is 0.0511. The Balaban J connectivity index is 2.24. The Labute approximate surface area is 132 Å². The van der Waals surface area contributed by atoms with Crippen LogP contribution in [0.5, 0.6) is 0 Å². The molecule has 0 radical (unpaired) electrons. The monoisotopic (exact) mass is 372 g/mol. The molecule has 8 heteroatoms. The predicted octanol–water partition coefficient (Wildman–Crippen LogP) is 1.96. The Bertz CT molecular complexity index is 706. The van der Waals surface area contributed by atoms with Crippen LogP contribution >= 0.6 is 15.9 Å². The lowest BCUT2D eigenvalue weighted by Gasteiger charge is -2.17. The molecule has 1 aromatic carbocycles. The van der Waals surface area contributed by atoms with Gasteiger partial charge in [0.2, 0.25) is 5.03 Å². The molecule has 0 bridgehead atoms. The molecule has 2 aromatic rings. The summed E-state index contributed by atoms with van der Waals surface area (Å²) in [5.74, 6) is 0. The van der Waals surface area contributed by atoms with Crippen molar-refractivity contribution >= 4 is 26.0 Å². The van der Waals surface area contributed by atoms with E-state index in [1.54, 1.807) is 14.1 Å². The molecule has 0 spiro atoms. The first-order chi connectivity index (χ1) is 9.86. The fourth-order valence-electron chi connectivity index (χ4n) is 1.97. The molecule has 0 saturated heterocycles. The number of aromatic nitrogens is 3. The largest absolute Gasteiger partial charge is 0.263 e. The first kappa shape index (κ1) is 16.1. The van der Waals surface area contributed by atoms with Gasteiger partial charge in [-0.2, -0.15) is 4.31 Å². The number of rotatable bonds is 5. The molecular formula is C13H17BrN4O2S. The molecule has 0 aliphatic rings. The Morgan fingerprint density at radius 3 is 2.29 bits per heavy atom. The van der Waals surface area contributed by atoms with Gasteiger partial charge in [0.25, 0.3) is 10.0 Å². The van der Waals surface area contributed by atoms with Crippen molar-refractivity contribution in [2.45, 2.75) is 24.9 Å². The van der Waals surface area contributed by atoms with Crippen LogP contribution in [0.2, 0.25) is 0 Å². The summed E-state index contributed by atoms with van der Waals surface area (Å²) in [5, 5.41) is 7.48. The van der Waals surface area contributed by atoms with E-state index in [0.29, 0.717) is 6.54 Å². The molecule has 0 unspecified atom stereocenters. The highest BCUT2D eigenvalue weighted by atomic mass is 79.9. The molecule has 114 valence electrons. The highest BCUT2D eigenvalue weighted by Crippen LogP contribution is 2.22. The number of halogens is 1. The van der Waals surface area contributed by atoms with Crippen molar-refractivity contribution in [1.29, 1.82) is 0 Å². The zero-order valence-electron chi connectivity index (χ0n) is 12.1. The van der Waals surface area contributed by atoms with Crippen LogP contribution in [-0.4, -0.2) is 34.8 Å². The number of hydrogen-bond donors (Lipinski definition) is 0. The summed E-state index contributed by atoms with van der Waals surface area (Å²) in [6.07, 6.45) is 0.960. The highest BCUT2D eigenvalue weighted by Gasteiger charge is 2.28. The Morgan fingerprint density at radius 2 is 1.81 bits per heavy atom. The van der Waals surface area contributed by atoms with E-state index in [4.69, 9.17) is 0 Å². The van der Waals surface area contributed by atoms with Crippen molar-refractivity contribution < 1.29 is 8.42 Å². The van der Waals surface area contributed by atoms with Crippen molar-refractivity contribution in [1.82, 2.24) is 19.3 Å². The molecule has 0 atom stereocenters. The van der Waals surface area contributed by atoms with Gasteiger partial charge in [0.05, 0.1) is 0 Å². The van der Waals surface area contributed by atoms with Crippen LogP contribution in [0, 0.1) is 0 Å². The average Bonchev–Trinajstić information content (AvgIpc) is 2.79. The second-order valence-electron chi connectivity index (χ2n) is 4.74. The highest BCUT2D eigenvalue weighted by molar-refractivity contribution is 9.10. The van der Waals surface area contributed by atoms with E-state index in [-0.39, 0.29) is 9.63 Å². The summed E-state index contributed by atoms with van der Waals surface area (Å²) in [5.41, 5.74) is 2.16. The minimum atomic E-state index is -3.65. The van der Waals surface area contributed by atoms with Gasteiger partial charge < -0.3 is 0 Å². The first-order valence-corrected chi connectivity index (χ1v) is 8.69. The van der Waals surface area contributed by atoms with Gasteiger partial charge in [-0.15, -0.1) is 5.10 Å². The van der Waals surface area contributed by atoms with Gasteiger partial charge in [0, 0.05) is 20.6 Å². The van der Waals surface area contributed by atoms with Gasteiger partial charge in [-0.1, -0.05) is 36.4 Å². The number of benzene rings is 1. The van der Waals surface area contributed by atoms with Crippen molar-refractivity contribution in [3.8, 4) is 0 Å². The van der Waals surface area contributed by atoms with Crippen LogP contribution in [0.3, 0.4) is 0 Å². The third kappa shape index (κ3) is 3.33. The van der Waals surface area contributed by atoms with E-state index in [0.717, 1.165) is 12.0 Å². The minimum Gasteiger partial charge on any atom is -0.235 e. The standard InChI is InChI=1S/C13H17BrN4O2S/c1-4-10-5-7-11(8-6-10)9-17(2)21(19,20)13-12(14)15-16-18(13)3/h5-8H,4,9H2,1-3H3. The summed E-state index contributed by atoms with van der Waals surface area (Å²) in [7, 11) is -0.552.